The van der Waals surface area contributed by atoms with Crippen molar-refractivity contribution in [2.24, 2.45) is 0 Å². The van der Waals surface area contributed by atoms with Gasteiger partial charge < -0.3 is 5.32 Å². The third-order valence-corrected chi connectivity index (χ3v) is 4.96. The Morgan fingerprint density at radius 2 is 1.95 bits per heavy atom. The molecule has 0 aliphatic heterocycles. The molecule has 0 saturated carbocycles. The van der Waals surface area contributed by atoms with E-state index in [-0.39, 0.29) is 11.4 Å². The number of benzene rings is 1. The highest BCUT2D eigenvalue weighted by Gasteiger charge is 2.27. The van der Waals surface area contributed by atoms with E-state index in [1.54, 1.807) is 12.3 Å². The highest BCUT2D eigenvalue weighted by Crippen LogP contribution is 2.21. The number of fused-ring (bicyclic) bond motifs is 1. The van der Waals surface area contributed by atoms with Crippen molar-refractivity contribution in [1.82, 2.24) is 10.3 Å². The average Bonchev–Trinajstić information content (AvgIpc) is 2.52. The molecule has 1 aromatic carbocycles. The molecule has 0 unspecified atom stereocenters. The minimum Gasteiger partial charge on any atom is -0.346 e. The summed E-state index contributed by atoms with van der Waals surface area (Å²) in [5.41, 5.74) is 1.34. The molecule has 1 aromatic heterocycles. The Morgan fingerprint density at radius 1 is 1.25 bits per heavy atom. The van der Waals surface area contributed by atoms with Crippen molar-refractivity contribution in [3.8, 4) is 0 Å². The van der Waals surface area contributed by atoms with Crippen LogP contribution in [0.15, 0.2) is 36.5 Å². The van der Waals surface area contributed by atoms with Crippen molar-refractivity contribution in [3.05, 3.63) is 42.1 Å². The molecule has 0 radical (unpaired) electrons. The van der Waals surface area contributed by atoms with Gasteiger partial charge >= 0.3 is 0 Å². The van der Waals surface area contributed by atoms with Crippen molar-refractivity contribution in [2.45, 2.75) is 32.2 Å². The number of pyridine rings is 1. The number of nitrogens with zero attached hydrogens (tertiary/aromatic N) is 1. The van der Waals surface area contributed by atoms with Crippen LogP contribution in [0.5, 0.6) is 0 Å². The van der Waals surface area contributed by atoms with Gasteiger partial charge in [-0.3, -0.25) is 9.78 Å². The standard InChI is InChI=1S/C16H19BrN2O/c1-3-16(4-2,11-17)19-15(20)13-9-10-18-14-8-6-5-7-12(13)14/h5-10H,3-4,11H2,1-2H3,(H,19,20). The predicted molar refractivity (Wildman–Crippen MR) is 86.3 cm³/mol. The van der Waals surface area contributed by atoms with Gasteiger partial charge in [-0.05, 0) is 25.0 Å². The van der Waals surface area contributed by atoms with Crippen LogP contribution in [-0.4, -0.2) is 21.8 Å². The maximum atomic E-state index is 12.6. The Balaban J connectivity index is 2.37. The van der Waals surface area contributed by atoms with Gasteiger partial charge in [-0.25, -0.2) is 0 Å². The third kappa shape index (κ3) is 2.85. The molecule has 0 aliphatic carbocycles. The SMILES string of the molecule is CCC(CC)(CBr)NC(=O)c1ccnc2ccccc12. The third-order valence-electron chi connectivity index (χ3n) is 3.88. The Bertz CT molecular complexity index is 595. The van der Waals surface area contributed by atoms with Crippen LogP contribution < -0.4 is 5.32 Å². The van der Waals surface area contributed by atoms with Gasteiger partial charge in [0.25, 0.3) is 5.91 Å². The van der Waals surface area contributed by atoms with Gasteiger partial charge in [0, 0.05) is 22.5 Å². The summed E-state index contributed by atoms with van der Waals surface area (Å²) in [5.74, 6) is -0.0354. The van der Waals surface area contributed by atoms with Crippen molar-refractivity contribution in [3.63, 3.8) is 0 Å². The van der Waals surface area contributed by atoms with Gasteiger partial charge in [0.05, 0.1) is 11.1 Å². The molecule has 0 saturated heterocycles. The van der Waals surface area contributed by atoms with Crippen LogP contribution in [-0.2, 0) is 0 Å². The second kappa shape index (κ2) is 6.35. The first-order valence-electron chi connectivity index (χ1n) is 6.88. The van der Waals surface area contributed by atoms with Gasteiger partial charge in [-0.2, -0.15) is 0 Å². The Hall–Kier alpha value is -1.42. The first-order chi connectivity index (χ1) is 9.65. The zero-order chi connectivity index (χ0) is 14.6. The molecular formula is C16H19BrN2O. The van der Waals surface area contributed by atoms with Crippen LogP contribution in [0.25, 0.3) is 10.9 Å². The summed E-state index contributed by atoms with van der Waals surface area (Å²) in [6.45, 7) is 4.19. The monoisotopic (exact) mass is 334 g/mol. The van der Waals surface area contributed by atoms with E-state index < -0.39 is 0 Å². The molecule has 2 rings (SSSR count). The fourth-order valence-corrected chi connectivity index (χ4v) is 3.18. The van der Waals surface area contributed by atoms with E-state index in [0.29, 0.717) is 5.56 Å². The predicted octanol–water partition coefficient (Wildman–Crippen LogP) is 3.92. The Kier molecular flexibility index (Phi) is 4.76. The van der Waals surface area contributed by atoms with Crippen LogP contribution in [0.3, 0.4) is 0 Å². The number of halogens is 1. The highest BCUT2D eigenvalue weighted by molar-refractivity contribution is 9.09. The molecule has 1 N–H and O–H groups in total. The molecule has 3 nitrogen and oxygen atoms in total. The normalized spacial score (nSPS) is 11.6. The van der Waals surface area contributed by atoms with E-state index in [2.05, 4.69) is 40.1 Å². The molecule has 2 aromatic rings. The first-order valence-corrected chi connectivity index (χ1v) is 8.00. The first kappa shape index (κ1) is 15.0. The molecule has 0 spiro atoms. The van der Waals surface area contributed by atoms with Crippen molar-refractivity contribution in [2.75, 3.05) is 5.33 Å². The summed E-state index contributed by atoms with van der Waals surface area (Å²) in [5, 5.41) is 4.82. The van der Waals surface area contributed by atoms with E-state index >= 15 is 0 Å². The zero-order valence-electron chi connectivity index (χ0n) is 11.8. The van der Waals surface area contributed by atoms with Gasteiger partial charge in [-0.1, -0.05) is 48.0 Å². The molecular weight excluding hydrogens is 316 g/mol. The van der Waals surface area contributed by atoms with Crippen LogP contribution in [0.2, 0.25) is 0 Å². The summed E-state index contributed by atoms with van der Waals surface area (Å²) < 4.78 is 0. The number of alkyl halides is 1. The van der Waals surface area contributed by atoms with Gasteiger partial charge in [-0.15, -0.1) is 0 Å². The molecule has 0 aliphatic rings. The van der Waals surface area contributed by atoms with E-state index in [1.165, 1.54) is 0 Å². The molecule has 20 heavy (non-hydrogen) atoms. The van der Waals surface area contributed by atoms with Crippen LogP contribution in [0.1, 0.15) is 37.0 Å². The fraction of sp³-hybridized carbons (Fsp3) is 0.375. The maximum absolute atomic E-state index is 12.6. The fourth-order valence-electron chi connectivity index (χ4n) is 2.25. The summed E-state index contributed by atoms with van der Waals surface area (Å²) in [6, 6.07) is 9.49. The zero-order valence-corrected chi connectivity index (χ0v) is 13.4. The van der Waals surface area contributed by atoms with E-state index in [9.17, 15) is 4.79 Å². The molecule has 4 heteroatoms. The van der Waals surface area contributed by atoms with Crippen LogP contribution >= 0.6 is 15.9 Å². The van der Waals surface area contributed by atoms with E-state index in [4.69, 9.17) is 0 Å². The number of rotatable bonds is 5. The molecule has 0 atom stereocenters. The highest BCUT2D eigenvalue weighted by atomic mass is 79.9. The summed E-state index contributed by atoms with van der Waals surface area (Å²) in [4.78, 5) is 16.9. The number of hydrogen-bond acceptors (Lipinski definition) is 2. The van der Waals surface area contributed by atoms with Gasteiger partial charge in [0.1, 0.15) is 0 Å². The molecule has 0 fully saturated rings. The number of hydrogen-bond donors (Lipinski definition) is 1. The number of amides is 1. The Labute approximate surface area is 127 Å². The average molecular weight is 335 g/mol. The summed E-state index contributed by atoms with van der Waals surface area (Å²) in [7, 11) is 0. The minimum absolute atomic E-state index is 0.0354. The lowest BCUT2D eigenvalue weighted by atomic mass is 9.94. The van der Waals surface area contributed by atoms with E-state index in [1.807, 2.05) is 24.3 Å². The smallest absolute Gasteiger partial charge is 0.252 e. The van der Waals surface area contributed by atoms with Crippen molar-refractivity contribution in [1.29, 1.82) is 0 Å². The molecule has 1 amide bonds. The minimum atomic E-state index is -0.193. The van der Waals surface area contributed by atoms with Crippen molar-refractivity contribution >= 4 is 32.7 Å². The number of para-hydroxylation sites is 1. The second-order valence-electron chi connectivity index (χ2n) is 4.95. The largest absolute Gasteiger partial charge is 0.346 e. The number of nitrogens with one attached hydrogen (secondary N) is 1. The lowest BCUT2D eigenvalue weighted by Crippen LogP contribution is -2.49. The number of carbonyl (C=O) groups is 1. The van der Waals surface area contributed by atoms with Crippen molar-refractivity contribution < 1.29 is 4.79 Å². The van der Waals surface area contributed by atoms with E-state index in [0.717, 1.165) is 29.1 Å². The van der Waals surface area contributed by atoms with Gasteiger partial charge in [0.2, 0.25) is 0 Å². The lowest BCUT2D eigenvalue weighted by molar-refractivity contribution is 0.0905. The van der Waals surface area contributed by atoms with Crippen LogP contribution in [0.4, 0.5) is 0 Å². The maximum Gasteiger partial charge on any atom is 0.252 e. The quantitative estimate of drug-likeness (QED) is 0.842. The second-order valence-corrected chi connectivity index (χ2v) is 5.51. The Morgan fingerprint density at radius 3 is 2.60 bits per heavy atom. The summed E-state index contributed by atoms with van der Waals surface area (Å²) >= 11 is 3.52. The summed E-state index contributed by atoms with van der Waals surface area (Å²) in [6.07, 6.45) is 3.47. The number of aromatic nitrogens is 1. The lowest BCUT2D eigenvalue weighted by Gasteiger charge is -2.31. The van der Waals surface area contributed by atoms with Crippen LogP contribution in [0, 0.1) is 0 Å². The number of carbonyl (C=O) groups excluding carboxylic acids is 1. The molecule has 1 heterocycles. The topological polar surface area (TPSA) is 42.0 Å². The molecule has 106 valence electrons. The van der Waals surface area contributed by atoms with Gasteiger partial charge in [0.15, 0.2) is 0 Å². The molecule has 0 bridgehead atoms.